The first-order valence-electron chi connectivity index (χ1n) is 9.87. The van der Waals surface area contributed by atoms with Gasteiger partial charge < -0.3 is 18.6 Å². The second-order valence-corrected chi connectivity index (χ2v) is 7.20. The lowest BCUT2D eigenvalue weighted by atomic mass is 9.95. The number of hydrogen-bond donors (Lipinski definition) is 0. The highest BCUT2D eigenvalue weighted by Crippen LogP contribution is 2.27. The van der Waals surface area contributed by atoms with Gasteiger partial charge >= 0.3 is 0 Å². The Labute approximate surface area is 164 Å². The summed E-state index contributed by atoms with van der Waals surface area (Å²) in [4.78, 5) is 23.6. The highest BCUT2D eigenvalue weighted by Gasteiger charge is 2.26. The zero-order valence-electron chi connectivity index (χ0n) is 16.2. The average Bonchev–Trinajstić information content (AvgIpc) is 3.37. The minimum atomic E-state index is 0.170. The predicted molar refractivity (Wildman–Crippen MR) is 105 cm³/mol. The van der Waals surface area contributed by atoms with Crippen molar-refractivity contribution in [2.24, 2.45) is 0 Å². The summed E-state index contributed by atoms with van der Waals surface area (Å²) in [6.07, 6.45) is 6.71. The van der Waals surface area contributed by atoms with E-state index < -0.39 is 0 Å². The smallest absolute Gasteiger partial charge is 0.223 e. The Morgan fingerprint density at radius 2 is 2.11 bits per heavy atom. The minimum Gasteiger partial charge on any atom is -0.441 e. The summed E-state index contributed by atoms with van der Waals surface area (Å²) in [6, 6.07) is 7.68. The number of oxazole rings is 1. The molecule has 0 N–H and O–H groups in total. The summed E-state index contributed by atoms with van der Waals surface area (Å²) in [6.45, 7) is 3.04. The van der Waals surface area contributed by atoms with E-state index in [9.17, 15) is 4.79 Å². The molecule has 2 aromatic heterocycles. The fourth-order valence-corrected chi connectivity index (χ4v) is 3.85. The van der Waals surface area contributed by atoms with E-state index in [2.05, 4.69) is 14.5 Å². The fourth-order valence-electron chi connectivity index (χ4n) is 3.85. The summed E-state index contributed by atoms with van der Waals surface area (Å²) in [7, 11) is 1.71. The van der Waals surface area contributed by atoms with Crippen molar-refractivity contribution in [3.05, 3.63) is 48.4 Å². The number of fused-ring (bicyclic) bond motifs is 1. The third-order valence-corrected chi connectivity index (χ3v) is 5.39. The number of nitrogens with zero attached hydrogens (tertiary/aromatic N) is 4. The Morgan fingerprint density at radius 1 is 1.29 bits per heavy atom. The van der Waals surface area contributed by atoms with E-state index in [1.165, 1.54) is 0 Å². The molecule has 0 bridgehead atoms. The summed E-state index contributed by atoms with van der Waals surface area (Å²) in [5.74, 6) is 2.30. The molecule has 1 aliphatic rings. The van der Waals surface area contributed by atoms with Gasteiger partial charge in [-0.25, -0.2) is 9.97 Å². The third-order valence-electron chi connectivity index (χ3n) is 5.39. The molecule has 1 aromatic carbocycles. The van der Waals surface area contributed by atoms with Crippen LogP contribution in [0.15, 0.2) is 41.1 Å². The number of benzene rings is 1. The van der Waals surface area contributed by atoms with Gasteiger partial charge in [0.25, 0.3) is 0 Å². The first kappa shape index (κ1) is 18.7. The molecule has 3 heterocycles. The second kappa shape index (κ2) is 8.56. The number of aryl methyl sites for hydroxylation is 1. The summed E-state index contributed by atoms with van der Waals surface area (Å²) in [5, 5.41) is 0. The maximum Gasteiger partial charge on any atom is 0.223 e. The van der Waals surface area contributed by atoms with Crippen molar-refractivity contribution in [3.63, 3.8) is 0 Å². The topological polar surface area (TPSA) is 73.4 Å². The van der Waals surface area contributed by atoms with Crippen molar-refractivity contribution >= 4 is 17.0 Å². The lowest BCUT2D eigenvalue weighted by Crippen LogP contribution is -2.38. The first-order chi connectivity index (χ1) is 13.7. The Morgan fingerprint density at radius 3 is 2.89 bits per heavy atom. The number of hydrogen-bond acceptors (Lipinski definition) is 5. The number of carbonyl (C=O) groups excluding carboxylic acids is 1. The molecule has 0 spiro atoms. The highest BCUT2D eigenvalue weighted by atomic mass is 16.5. The van der Waals surface area contributed by atoms with Crippen LogP contribution in [0.4, 0.5) is 0 Å². The summed E-state index contributed by atoms with van der Waals surface area (Å²) >= 11 is 0. The monoisotopic (exact) mass is 382 g/mol. The van der Waals surface area contributed by atoms with Crippen LogP contribution in [0, 0.1) is 0 Å². The number of para-hydroxylation sites is 2. The number of carbonyl (C=O) groups is 1. The molecule has 3 aromatic rings. The van der Waals surface area contributed by atoms with E-state index >= 15 is 0 Å². The molecule has 28 heavy (non-hydrogen) atoms. The van der Waals surface area contributed by atoms with E-state index in [1.807, 2.05) is 41.6 Å². The van der Waals surface area contributed by atoms with E-state index in [1.54, 1.807) is 7.11 Å². The number of aromatic nitrogens is 3. The van der Waals surface area contributed by atoms with Gasteiger partial charge in [0.05, 0.1) is 6.61 Å². The van der Waals surface area contributed by atoms with Crippen molar-refractivity contribution in [3.8, 4) is 0 Å². The first-order valence-corrected chi connectivity index (χ1v) is 9.87. The lowest BCUT2D eigenvalue weighted by molar-refractivity contribution is -0.132. The summed E-state index contributed by atoms with van der Waals surface area (Å²) < 4.78 is 13.1. The molecule has 7 nitrogen and oxygen atoms in total. The van der Waals surface area contributed by atoms with Crippen LogP contribution in [0.25, 0.3) is 11.1 Å². The van der Waals surface area contributed by atoms with Gasteiger partial charge in [-0.2, -0.15) is 0 Å². The molecular weight excluding hydrogens is 356 g/mol. The van der Waals surface area contributed by atoms with Gasteiger partial charge in [0.15, 0.2) is 11.5 Å². The van der Waals surface area contributed by atoms with Gasteiger partial charge in [0.2, 0.25) is 5.91 Å². The molecule has 7 heteroatoms. The molecule has 4 rings (SSSR count). The van der Waals surface area contributed by atoms with Crippen LogP contribution in [0.3, 0.4) is 0 Å². The van der Waals surface area contributed by atoms with Crippen molar-refractivity contribution in [2.45, 2.75) is 38.1 Å². The van der Waals surface area contributed by atoms with Crippen LogP contribution in [0.1, 0.15) is 36.9 Å². The van der Waals surface area contributed by atoms with Crippen LogP contribution >= 0.6 is 0 Å². The molecule has 0 saturated carbocycles. The number of ether oxygens (including phenoxy) is 1. The van der Waals surface area contributed by atoms with Crippen molar-refractivity contribution in [1.82, 2.24) is 19.4 Å². The lowest BCUT2D eigenvalue weighted by Gasteiger charge is -2.32. The molecule has 0 atom stereocenters. The van der Waals surface area contributed by atoms with Gasteiger partial charge in [-0.1, -0.05) is 12.1 Å². The number of amides is 1. The van der Waals surface area contributed by atoms with Crippen molar-refractivity contribution in [2.75, 3.05) is 26.8 Å². The number of rotatable bonds is 7. The van der Waals surface area contributed by atoms with Crippen LogP contribution in [0.2, 0.25) is 0 Å². The molecule has 1 aliphatic heterocycles. The third kappa shape index (κ3) is 4.09. The standard InChI is InChI=1S/C21H26N4O3/c1-27-15-14-25-13-10-22-21(25)16-8-11-24(12-9-16)20(26)7-6-19-23-17-4-2-3-5-18(17)28-19/h2-5,10,13,16H,6-9,11-12,14-15H2,1H3. The summed E-state index contributed by atoms with van der Waals surface area (Å²) in [5.41, 5.74) is 1.62. The van der Waals surface area contributed by atoms with E-state index in [0.29, 0.717) is 31.3 Å². The zero-order chi connectivity index (χ0) is 19.3. The van der Waals surface area contributed by atoms with Gasteiger partial charge in [-0.05, 0) is 25.0 Å². The zero-order valence-corrected chi connectivity index (χ0v) is 16.2. The number of likely N-dealkylation sites (tertiary alicyclic amines) is 1. The van der Waals surface area contributed by atoms with Crippen molar-refractivity contribution in [1.29, 1.82) is 0 Å². The van der Waals surface area contributed by atoms with Crippen LogP contribution in [-0.4, -0.2) is 52.1 Å². The maximum absolute atomic E-state index is 12.6. The Kier molecular flexibility index (Phi) is 5.71. The molecular formula is C21H26N4O3. The van der Waals surface area contributed by atoms with Crippen LogP contribution in [0.5, 0.6) is 0 Å². The van der Waals surface area contributed by atoms with Gasteiger partial charge in [0, 0.05) is 57.9 Å². The van der Waals surface area contributed by atoms with Gasteiger partial charge in [-0.15, -0.1) is 0 Å². The van der Waals surface area contributed by atoms with Crippen LogP contribution < -0.4 is 0 Å². The molecule has 0 radical (unpaired) electrons. The number of piperidine rings is 1. The number of imidazole rings is 1. The van der Waals surface area contributed by atoms with Gasteiger partial charge in [0.1, 0.15) is 11.3 Å². The Bertz CT molecular complexity index is 892. The largest absolute Gasteiger partial charge is 0.441 e. The minimum absolute atomic E-state index is 0.170. The second-order valence-electron chi connectivity index (χ2n) is 7.20. The SMILES string of the molecule is COCCn1ccnc1C1CCN(C(=O)CCc2nc3ccccc3o2)CC1. The quantitative estimate of drug-likeness (QED) is 0.628. The predicted octanol–water partition coefficient (Wildman–Crippen LogP) is 3.01. The molecule has 1 amide bonds. The molecule has 1 fully saturated rings. The number of methoxy groups -OCH3 is 1. The van der Waals surface area contributed by atoms with Crippen LogP contribution in [-0.2, 0) is 22.5 Å². The Hall–Kier alpha value is -2.67. The molecule has 0 unspecified atom stereocenters. The maximum atomic E-state index is 12.6. The molecule has 0 aliphatic carbocycles. The fraction of sp³-hybridized carbons (Fsp3) is 0.476. The van der Waals surface area contributed by atoms with E-state index in [-0.39, 0.29) is 5.91 Å². The van der Waals surface area contributed by atoms with E-state index in [0.717, 1.165) is 49.4 Å². The van der Waals surface area contributed by atoms with Crippen molar-refractivity contribution < 1.29 is 13.9 Å². The Balaban J connectivity index is 1.28. The molecule has 148 valence electrons. The molecule has 1 saturated heterocycles. The van der Waals surface area contributed by atoms with E-state index in [4.69, 9.17) is 9.15 Å². The van der Waals surface area contributed by atoms with Gasteiger partial charge in [-0.3, -0.25) is 4.79 Å². The highest BCUT2D eigenvalue weighted by molar-refractivity contribution is 5.77. The average molecular weight is 382 g/mol. The normalized spacial score (nSPS) is 15.4.